The Hall–Kier alpha value is -3.11. The van der Waals surface area contributed by atoms with E-state index in [1.807, 2.05) is 6.92 Å². The molecule has 264 valence electrons. The summed E-state index contributed by atoms with van der Waals surface area (Å²) >= 11 is 0.678. The summed E-state index contributed by atoms with van der Waals surface area (Å²) in [6.45, 7) is 0.286. The van der Waals surface area contributed by atoms with Crippen LogP contribution in [-0.2, 0) is 20.8 Å². The Morgan fingerprint density at radius 2 is 1.73 bits per heavy atom. The van der Waals surface area contributed by atoms with Gasteiger partial charge in [-0.1, -0.05) is 30.3 Å². The quantitative estimate of drug-likeness (QED) is 0.0879. The van der Waals surface area contributed by atoms with Crippen LogP contribution in [0.5, 0.6) is 0 Å². The van der Waals surface area contributed by atoms with Gasteiger partial charge in [-0.3, -0.25) is 4.79 Å². The molecule has 0 saturated carbocycles. The molecule has 2 saturated heterocycles. The van der Waals surface area contributed by atoms with Crippen LogP contribution in [0.4, 0.5) is 8.78 Å². The first-order valence-electron chi connectivity index (χ1n) is 15.1. The van der Waals surface area contributed by atoms with Gasteiger partial charge in [0.2, 0.25) is 0 Å². The van der Waals surface area contributed by atoms with Crippen LogP contribution in [-0.4, -0.2) is 125 Å². The molecule has 2 fully saturated rings. The van der Waals surface area contributed by atoms with Gasteiger partial charge in [-0.15, -0.1) is 5.10 Å². The maximum absolute atomic E-state index is 14.3. The third kappa shape index (κ3) is 7.39. The normalized spacial score (nSPS) is 30.9. The Labute approximate surface area is 275 Å². The predicted molar refractivity (Wildman–Crippen MR) is 160 cm³/mol. The second kappa shape index (κ2) is 15.6. The molecule has 19 heteroatoms. The second-order valence-corrected chi connectivity index (χ2v) is 12.5. The fraction of sp³-hybridized carbons (Fsp3) is 0.586. The lowest BCUT2D eigenvalue weighted by molar-refractivity contribution is -0.225. The number of carbonyl (C=O) groups is 1. The van der Waals surface area contributed by atoms with Crippen LogP contribution in [0.25, 0.3) is 11.0 Å². The Kier molecular flexibility index (Phi) is 11.8. The highest BCUT2D eigenvalue weighted by Crippen LogP contribution is 2.40. The van der Waals surface area contributed by atoms with Gasteiger partial charge in [0.05, 0.1) is 37.0 Å². The maximum Gasteiger partial charge on any atom is 0.341 e. The molecule has 0 bridgehead atoms. The van der Waals surface area contributed by atoms with Gasteiger partial charge in [-0.2, -0.15) is 0 Å². The zero-order chi connectivity index (χ0) is 34.7. The summed E-state index contributed by atoms with van der Waals surface area (Å²) in [5, 5.41) is 74.1. The molecule has 2 aromatic heterocycles. The van der Waals surface area contributed by atoms with Gasteiger partial charge in [0.1, 0.15) is 65.2 Å². The van der Waals surface area contributed by atoms with Crippen molar-refractivity contribution in [2.75, 3.05) is 19.8 Å². The average molecular weight is 703 g/mol. The molecule has 16 nitrogen and oxygen atoms in total. The number of aliphatic hydroxyl groups excluding tert-OH is 6. The Bertz CT molecular complexity index is 1630. The highest BCUT2D eigenvalue weighted by atomic mass is 32.2. The van der Waals surface area contributed by atoms with Crippen molar-refractivity contribution < 1.29 is 62.8 Å². The summed E-state index contributed by atoms with van der Waals surface area (Å²) in [5.74, 6) is -2.95. The van der Waals surface area contributed by atoms with E-state index < -0.39 is 103 Å². The van der Waals surface area contributed by atoms with Crippen LogP contribution in [0.3, 0.4) is 0 Å². The van der Waals surface area contributed by atoms with E-state index in [0.717, 1.165) is 35.7 Å². The van der Waals surface area contributed by atoms with Crippen LogP contribution in [0.1, 0.15) is 41.9 Å². The molecule has 0 spiro atoms. The van der Waals surface area contributed by atoms with E-state index in [0.29, 0.717) is 18.3 Å². The van der Waals surface area contributed by atoms with E-state index in [4.69, 9.17) is 18.6 Å². The number of hydrogen-bond acceptors (Lipinski definition) is 15. The SMILES string of the molecule is CCCCNC(=O)c1cn(C2C(O)[C@H](S[C@@H]3O[C@H](CO)C(O)C(OCc4cc5c(F)c(F)ccc5oc4=O)[C@H]3O)OC(CO)[C@@H]2O)nn1. The number of rotatable bonds is 12. The fourth-order valence-corrected chi connectivity index (χ4v) is 6.76. The van der Waals surface area contributed by atoms with Crippen molar-refractivity contribution in [3.05, 3.63) is 57.7 Å². The number of aliphatic hydroxyl groups is 6. The van der Waals surface area contributed by atoms with Crippen LogP contribution in [0.2, 0.25) is 0 Å². The van der Waals surface area contributed by atoms with Gasteiger partial charge in [-0.25, -0.2) is 18.3 Å². The molecule has 48 heavy (non-hydrogen) atoms. The van der Waals surface area contributed by atoms with E-state index in [1.165, 1.54) is 6.20 Å². The number of nitrogens with zero attached hydrogens (tertiary/aromatic N) is 3. The number of halogens is 2. The second-order valence-electron chi connectivity index (χ2n) is 11.3. The monoisotopic (exact) mass is 702 g/mol. The Morgan fingerprint density at radius 1 is 1.04 bits per heavy atom. The number of ether oxygens (including phenoxy) is 3. The zero-order valence-electron chi connectivity index (χ0n) is 25.5. The van der Waals surface area contributed by atoms with Gasteiger partial charge in [-0.05, 0) is 24.6 Å². The number of nitrogens with one attached hydrogen (secondary N) is 1. The number of carbonyl (C=O) groups excluding carboxylic acids is 1. The van der Waals surface area contributed by atoms with E-state index in [1.54, 1.807) is 0 Å². The van der Waals surface area contributed by atoms with Crippen molar-refractivity contribution in [1.82, 2.24) is 20.3 Å². The molecule has 3 aromatic rings. The average Bonchev–Trinajstić information content (AvgIpc) is 3.55. The third-order valence-electron chi connectivity index (χ3n) is 8.11. The van der Waals surface area contributed by atoms with Crippen molar-refractivity contribution in [1.29, 1.82) is 0 Å². The van der Waals surface area contributed by atoms with Crippen LogP contribution in [0.15, 0.2) is 33.6 Å². The minimum atomic E-state index is -1.70. The molecule has 5 unspecified atom stereocenters. The van der Waals surface area contributed by atoms with Gasteiger partial charge < -0.3 is 54.6 Å². The van der Waals surface area contributed by atoms with Gasteiger partial charge in [0.15, 0.2) is 17.3 Å². The maximum atomic E-state index is 14.3. The molecular weight excluding hydrogens is 666 g/mol. The Morgan fingerprint density at radius 3 is 2.42 bits per heavy atom. The summed E-state index contributed by atoms with van der Waals surface area (Å²) in [7, 11) is 0. The molecule has 10 atom stereocenters. The fourth-order valence-electron chi connectivity index (χ4n) is 5.44. The van der Waals surface area contributed by atoms with Gasteiger partial charge in [0, 0.05) is 6.54 Å². The van der Waals surface area contributed by atoms with E-state index >= 15 is 0 Å². The molecule has 4 heterocycles. The van der Waals surface area contributed by atoms with Crippen molar-refractivity contribution in [3.63, 3.8) is 0 Å². The van der Waals surface area contributed by atoms with E-state index in [2.05, 4.69) is 15.6 Å². The van der Waals surface area contributed by atoms with Crippen molar-refractivity contribution in [2.45, 2.75) is 86.0 Å². The first kappa shape index (κ1) is 36.2. The lowest BCUT2D eigenvalue weighted by atomic mass is 9.97. The highest BCUT2D eigenvalue weighted by molar-refractivity contribution is 8.00. The number of unbranched alkanes of at least 4 members (excludes halogenated alkanes) is 1. The van der Waals surface area contributed by atoms with E-state index in [9.17, 15) is 49.0 Å². The topological polar surface area (TPSA) is 239 Å². The molecule has 2 aliphatic rings. The lowest BCUT2D eigenvalue weighted by Gasteiger charge is -2.46. The predicted octanol–water partition coefficient (Wildman–Crippen LogP) is -1.07. The summed E-state index contributed by atoms with van der Waals surface area (Å²) < 4.78 is 51.3. The first-order valence-corrected chi connectivity index (χ1v) is 16.1. The van der Waals surface area contributed by atoms with Gasteiger partial charge in [0.25, 0.3) is 5.91 Å². The molecule has 2 aliphatic heterocycles. The summed E-state index contributed by atoms with van der Waals surface area (Å²) in [6.07, 6.45) is -7.79. The number of amides is 1. The van der Waals surface area contributed by atoms with Crippen LogP contribution in [0, 0.1) is 11.6 Å². The lowest BCUT2D eigenvalue weighted by Crippen LogP contribution is -2.60. The van der Waals surface area contributed by atoms with Gasteiger partial charge >= 0.3 is 5.63 Å². The Balaban J connectivity index is 1.33. The number of thioether (sulfide) groups is 1. The summed E-state index contributed by atoms with van der Waals surface area (Å²) in [5.41, 5.74) is -4.20. The van der Waals surface area contributed by atoms with Crippen molar-refractivity contribution >= 4 is 28.6 Å². The summed E-state index contributed by atoms with van der Waals surface area (Å²) in [6, 6.07) is 1.61. The minimum absolute atomic E-state index is 0.0825. The molecule has 0 aliphatic carbocycles. The van der Waals surface area contributed by atoms with Crippen LogP contribution < -0.4 is 10.9 Å². The highest BCUT2D eigenvalue weighted by Gasteiger charge is 2.51. The van der Waals surface area contributed by atoms with E-state index in [-0.39, 0.29) is 22.2 Å². The third-order valence-corrected chi connectivity index (χ3v) is 9.43. The first-order chi connectivity index (χ1) is 23.0. The van der Waals surface area contributed by atoms with Crippen molar-refractivity contribution in [3.8, 4) is 0 Å². The largest absolute Gasteiger partial charge is 0.422 e. The molecule has 5 rings (SSSR count). The van der Waals surface area contributed by atoms with Crippen molar-refractivity contribution in [2.24, 2.45) is 0 Å². The smallest absolute Gasteiger partial charge is 0.341 e. The zero-order valence-corrected chi connectivity index (χ0v) is 26.3. The number of benzene rings is 1. The summed E-state index contributed by atoms with van der Waals surface area (Å²) in [4.78, 5) is 25.0. The minimum Gasteiger partial charge on any atom is -0.422 e. The number of hydrogen-bond donors (Lipinski definition) is 7. The standard InChI is InChI=1S/C29H36F2N4O12S/c1-2-3-6-32-26(42)15-8-35(34-33-15)20-21(38)17(9-36)46-28(23(20)40)48-29-24(41)25(22(39)18(10-37)47-29)44-11-12-7-13-16(45-27(12)43)5-4-14(30)19(13)31/h4-5,7-8,17-18,20-25,28-29,36-41H,2-3,6,9-11H2,1H3,(H,32,42)/t17?,18-,20?,21+,22?,23?,24-,25?,28+,29+/m1/s1. The number of fused-ring (bicyclic) bond motifs is 1. The van der Waals surface area contributed by atoms with Crippen LogP contribution >= 0.6 is 11.8 Å². The molecule has 1 amide bonds. The molecule has 7 N–H and O–H groups in total. The molecule has 0 radical (unpaired) electrons. The molecule has 1 aromatic carbocycles. The number of aromatic nitrogens is 3. The molecular formula is C29H36F2N4O12S.